The minimum Gasteiger partial charge on any atom is -0.409 e. The molecule has 14 heavy (non-hydrogen) atoms. The monoisotopic (exact) mass is 226 g/mol. The van der Waals surface area contributed by atoms with E-state index in [-0.39, 0.29) is 0 Å². The summed E-state index contributed by atoms with van der Waals surface area (Å²) in [6.07, 6.45) is 0. The molecule has 0 unspecified atom stereocenters. The van der Waals surface area contributed by atoms with Gasteiger partial charge in [0.05, 0.1) is 0 Å². The molecule has 0 radical (unpaired) electrons. The van der Waals surface area contributed by atoms with E-state index in [0.29, 0.717) is 0 Å². The quantitative estimate of drug-likeness (QED) is 0.528. The summed E-state index contributed by atoms with van der Waals surface area (Å²) < 4.78 is 10.5. The van der Waals surface area contributed by atoms with E-state index in [1.807, 2.05) is 26.2 Å². The van der Waals surface area contributed by atoms with Crippen molar-refractivity contribution in [1.82, 2.24) is 0 Å². The van der Waals surface area contributed by atoms with Gasteiger partial charge in [0, 0.05) is 14.2 Å². The summed E-state index contributed by atoms with van der Waals surface area (Å²) in [5, 5.41) is 0. The lowest BCUT2D eigenvalue weighted by Gasteiger charge is -2.10. The third-order valence-electron chi connectivity index (χ3n) is 1.81. The van der Waals surface area contributed by atoms with Crippen LogP contribution in [0.2, 0.25) is 26.2 Å². The van der Waals surface area contributed by atoms with Crippen LogP contribution in [0.5, 0.6) is 0 Å². The average molecular weight is 226 g/mol. The fourth-order valence-corrected chi connectivity index (χ4v) is 1.40. The maximum absolute atomic E-state index is 5.27. The molecule has 0 saturated heterocycles. The Bertz CT molecular complexity index is 268. The Morgan fingerprint density at radius 3 is 1.21 bits per heavy atom. The minimum absolute atomic E-state index is 1.70. The molecular formula is C10H18O2Si2. The molecular weight excluding hydrogens is 208 g/mol. The van der Waals surface area contributed by atoms with Crippen molar-refractivity contribution in [2.75, 3.05) is 14.2 Å². The van der Waals surface area contributed by atoms with Gasteiger partial charge < -0.3 is 8.85 Å². The molecule has 0 heterocycles. The van der Waals surface area contributed by atoms with E-state index in [1.165, 1.54) is 0 Å². The van der Waals surface area contributed by atoms with Gasteiger partial charge in [-0.25, -0.2) is 0 Å². The molecule has 0 aromatic heterocycles. The average Bonchev–Trinajstić information content (AvgIpc) is 2.13. The summed E-state index contributed by atoms with van der Waals surface area (Å²) in [4.78, 5) is 0. The standard InChI is InChI=1S/C10H18O2Si2/c1-11-13(3,4)9-7-8-10-14(5,6)12-2/h1-6H3. The maximum atomic E-state index is 5.27. The van der Waals surface area contributed by atoms with Crippen LogP contribution in [0.15, 0.2) is 0 Å². The summed E-state index contributed by atoms with van der Waals surface area (Å²) in [5.41, 5.74) is 6.13. The topological polar surface area (TPSA) is 18.5 Å². The molecule has 78 valence electrons. The maximum Gasteiger partial charge on any atom is 0.266 e. The predicted molar refractivity (Wildman–Crippen MR) is 64.5 cm³/mol. The molecule has 0 rings (SSSR count). The van der Waals surface area contributed by atoms with E-state index in [0.717, 1.165) is 0 Å². The Hall–Kier alpha value is -0.526. The Morgan fingerprint density at radius 1 is 0.714 bits per heavy atom. The molecule has 0 bridgehead atoms. The highest BCUT2D eigenvalue weighted by Crippen LogP contribution is 1.99. The second-order valence-electron chi connectivity index (χ2n) is 3.93. The van der Waals surface area contributed by atoms with E-state index in [2.05, 4.69) is 22.9 Å². The molecule has 0 N–H and O–H groups in total. The molecule has 0 aliphatic heterocycles. The van der Waals surface area contributed by atoms with Crippen molar-refractivity contribution < 1.29 is 8.85 Å². The molecule has 4 heteroatoms. The first-order chi connectivity index (χ1) is 6.33. The molecule has 2 nitrogen and oxygen atoms in total. The number of rotatable bonds is 2. The second-order valence-corrected chi connectivity index (χ2v) is 11.3. The highest BCUT2D eigenvalue weighted by molar-refractivity contribution is 6.80. The van der Waals surface area contributed by atoms with Gasteiger partial charge in [0.2, 0.25) is 0 Å². The lowest BCUT2D eigenvalue weighted by Crippen LogP contribution is -2.27. The third kappa shape index (κ3) is 6.01. The lowest BCUT2D eigenvalue weighted by molar-refractivity contribution is 0.417. The van der Waals surface area contributed by atoms with E-state index in [9.17, 15) is 0 Å². The predicted octanol–water partition coefficient (Wildman–Crippen LogP) is 1.77. The first-order valence-corrected chi connectivity index (χ1v) is 10.3. The normalized spacial score (nSPS) is 11.0. The van der Waals surface area contributed by atoms with Crippen molar-refractivity contribution in [3.8, 4) is 22.9 Å². The van der Waals surface area contributed by atoms with Crippen molar-refractivity contribution in [3.63, 3.8) is 0 Å². The van der Waals surface area contributed by atoms with Crippen LogP contribution in [0.4, 0.5) is 0 Å². The lowest BCUT2D eigenvalue weighted by atomic mass is 10.7. The fraction of sp³-hybridized carbons (Fsp3) is 0.600. The Morgan fingerprint density at radius 2 is 1.00 bits per heavy atom. The molecule has 0 aliphatic rings. The largest absolute Gasteiger partial charge is 0.409 e. The van der Waals surface area contributed by atoms with Gasteiger partial charge in [0.15, 0.2) is 0 Å². The van der Waals surface area contributed by atoms with Crippen LogP contribution in [0, 0.1) is 22.9 Å². The third-order valence-corrected chi connectivity index (χ3v) is 5.31. The molecule has 0 amide bonds. The van der Waals surface area contributed by atoms with Gasteiger partial charge >= 0.3 is 0 Å². The molecule has 0 aromatic rings. The number of hydrogen-bond acceptors (Lipinski definition) is 2. The second kappa shape index (κ2) is 5.38. The molecule has 0 spiro atoms. The summed E-state index contributed by atoms with van der Waals surface area (Å²) in [5.74, 6) is 5.69. The van der Waals surface area contributed by atoms with Crippen molar-refractivity contribution in [2.24, 2.45) is 0 Å². The molecule has 0 fully saturated rings. The van der Waals surface area contributed by atoms with Gasteiger partial charge in [-0.05, 0) is 38.0 Å². The van der Waals surface area contributed by atoms with Gasteiger partial charge in [-0.1, -0.05) is 11.1 Å². The van der Waals surface area contributed by atoms with Gasteiger partial charge in [-0.3, -0.25) is 0 Å². The summed E-state index contributed by atoms with van der Waals surface area (Å²) >= 11 is 0. The van der Waals surface area contributed by atoms with E-state index < -0.39 is 16.6 Å². The van der Waals surface area contributed by atoms with E-state index >= 15 is 0 Å². The Labute approximate surface area is 89.3 Å². The molecule has 0 saturated carbocycles. The van der Waals surface area contributed by atoms with Gasteiger partial charge in [-0.2, -0.15) is 0 Å². The Balaban J connectivity index is 4.43. The molecule has 0 atom stereocenters. The van der Waals surface area contributed by atoms with Crippen molar-refractivity contribution in [1.29, 1.82) is 0 Å². The van der Waals surface area contributed by atoms with Crippen LogP contribution in [0.3, 0.4) is 0 Å². The van der Waals surface area contributed by atoms with Crippen LogP contribution in [0.1, 0.15) is 0 Å². The van der Waals surface area contributed by atoms with Crippen molar-refractivity contribution in [3.05, 3.63) is 0 Å². The van der Waals surface area contributed by atoms with Gasteiger partial charge in [0.1, 0.15) is 0 Å². The smallest absolute Gasteiger partial charge is 0.266 e. The summed E-state index contributed by atoms with van der Waals surface area (Å²) in [6.45, 7) is 8.17. The van der Waals surface area contributed by atoms with Crippen LogP contribution < -0.4 is 0 Å². The zero-order valence-electron chi connectivity index (χ0n) is 9.82. The van der Waals surface area contributed by atoms with Crippen LogP contribution in [0.25, 0.3) is 0 Å². The first kappa shape index (κ1) is 13.5. The Kier molecular flexibility index (Phi) is 5.18. The van der Waals surface area contributed by atoms with Crippen LogP contribution in [-0.2, 0) is 8.85 Å². The van der Waals surface area contributed by atoms with E-state index in [4.69, 9.17) is 8.85 Å². The van der Waals surface area contributed by atoms with Gasteiger partial charge in [-0.15, -0.1) is 0 Å². The van der Waals surface area contributed by atoms with Crippen LogP contribution in [-0.4, -0.2) is 30.9 Å². The highest BCUT2D eigenvalue weighted by atomic mass is 28.4. The van der Waals surface area contributed by atoms with E-state index in [1.54, 1.807) is 14.2 Å². The first-order valence-electron chi connectivity index (χ1n) is 4.47. The number of hydrogen-bond donors (Lipinski definition) is 0. The minimum atomic E-state index is -1.77. The summed E-state index contributed by atoms with van der Waals surface area (Å²) in [6, 6.07) is 0. The van der Waals surface area contributed by atoms with Crippen LogP contribution >= 0.6 is 0 Å². The SMILES string of the molecule is CO[Si](C)(C)C#CC#C[Si](C)(C)OC. The molecule has 0 aromatic carbocycles. The fourth-order valence-electron chi connectivity index (χ4n) is 0.466. The zero-order valence-corrected chi connectivity index (χ0v) is 11.8. The highest BCUT2D eigenvalue weighted by Gasteiger charge is 2.17. The van der Waals surface area contributed by atoms with Crippen molar-refractivity contribution >= 4 is 16.6 Å². The molecule has 0 aliphatic carbocycles. The zero-order chi connectivity index (χ0) is 11.2. The summed E-state index contributed by atoms with van der Waals surface area (Å²) in [7, 11) is -0.152. The van der Waals surface area contributed by atoms with Crippen molar-refractivity contribution in [2.45, 2.75) is 26.2 Å². The van der Waals surface area contributed by atoms with Gasteiger partial charge in [0.25, 0.3) is 16.6 Å².